The average molecular weight is 372 g/mol. The molecule has 5 unspecified atom stereocenters. The van der Waals surface area contributed by atoms with Crippen molar-refractivity contribution in [2.45, 2.75) is 37.6 Å². The molecule has 25 heavy (non-hydrogen) atoms. The summed E-state index contributed by atoms with van der Waals surface area (Å²) in [7, 11) is 1.34. The van der Waals surface area contributed by atoms with Crippen LogP contribution in [0.15, 0.2) is 24.3 Å². The minimum atomic E-state index is -1.35. The van der Waals surface area contributed by atoms with Crippen molar-refractivity contribution in [1.29, 1.82) is 0 Å². The highest BCUT2D eigenvalue weighted by molar-refractivity contribution is 6.31. The number of benzene rings is 1. The maximum absolute atomic E-state index is 12.1. The van der Waals surface area contributed by atoms with Gasteiger partial charge in [-0.2, -0.15) is 0 Å². The summed E-state index contributed by atoms with van der Waals surface area (Å²) in [5.74, 6) is -0.499. The zero-order valence-electron chi connectivity index (χ0n) is 13.9. The van der Waals surface area contributed by atoms with E-state index >= 15 is 0 Å². The van der Waals surface area contributed by atoms with Crippen LogP contribution in [0.1, 0.15) is 11.1 Å². The SMILES string of the molecule is COC1OC(CO)C(O)C(O)C1NC(=O)/C=C/c1ccc(C)c(Cl)c1. The molecule has 0 aromatic heterocycles. The summed E-state index contributed by atoms with van der Waals surface area (Å²) in [6.45, 7) is 1.40. The quantitative estimate of drug-likeness (QED) is 0.552. The van der Waals surface area contributed by atoms with Gasteiger partial charge < -0.3 is 30.1 Å². The largest absolute Gasteiger partial charge is 0.394 e. The number of methoxy groups -OCH3 is 1. The van der Waals surface area contributed by atoms with Crippen LogP contribution in [0.25, 0.3) is 6.08 Å². The molecule has 1 aromatic carbocycles. The lowest BCUT2D eigenvalue weighted by molar-refractivity contribution is -0.262. The van der Waals surface area contributed by atoms with Crippen LogP contribution in [-0.2, 0) is 14.3 Å². The van der Waals surface area contributed by atoms with Gasteiger partial charge in [-0.25, -0.2) is 0 Å². The first-order chi connectivity index (χ1) is 11.9. The fourth-order valence-corrected chi connectivity index (χ4v) is 2.72. The molecule has 8 heteroatoms. The van der Waals surface area contributed by atoms with Crippen LogP contribution in [0.3, 0.4) is 0 Å². The smallest absolute Gasteiger partial charge is 0.244 e. The van der Waals surface area contributed by atoms with Gasteiger partial charge in [-0.3, -0.25) is 4.79 Å². The topological polar surface area (TPSA) is 108 Å². The Balaban J connectivity index is 2.04. The van der Waals surface area contributed by atoms with Gasteiger partial charge in [-0.15, -0.1) is 0 Å². The maximum Gasteiger partial charge on any atom is 0.244 e. The number of hydrogen-bond donors (Lipinski definition) is 4. The third-order valence-electron chi connectivity index (χ3n) is 4.05. The number of carbonyl (C=O) groups is 1. The van der Waals surface area contributed by atoms with Gasteiger partial charge in [0.2, 0.25) is 5.91 Å². The second kappa shape index (κ2) is 8.75. The van der Waals surface area contributed by atoms with E-state index in [1.54, 1.807) is 12.1 Å². The van der Waals surface area contributed by atoms with Crippen LogP contribution in [0.2, 0.25) is 5.02 Å². The minimum absolute atomic E-state index is 0.479. The number of amides is 1. The molecule has 0 bridgehead atoms. The molecule has 1 aromatic rings. The maximum atomic E-state index is 12.1. The molecule has 1 heterocycles. The molecule has 0 saturated carbocycles. The highest BCUT2D eigenvalue weighted by atomic mass is 35.5. The Labute approximate surface area is 150 Å². The molecule has 0 radical (unpaired) electrons. The van der Waals surface area contributed by atoms with E-state index in [1.807, 2.05) is 19.1 Å². The van der Waals surface area contributed by atoms with Crippen LogP contribution in [0.5, 0.6) is 0 Å². The monoisotopic (exact) mass is 371 g/mol. The molecule has 1 saturated heterocycles. The summed E-state index contributed by atoms with van der Waals surface area (Å²) in [6.07, 6.45) is -1.82. The first-order valence-electron chi connectivity index (χ1n) is 7.77. The fraction of sp³-hybridized carbons (Fsp3) is 0.471. The van der Waals surface area contributed by atoms with Crippen molar-refractivity contribution in [2.75, 3.05) is 13.7 Å². The second-order valence-electron chi connectivity index (χ2n) is 5.82. The number of ether oxygens (including phenoxy) is 2. The molecule has 138 valence electrons. The summed E-state index contributed by atoms with van der Waals surface area (Å²) < 4.78 is 10.4. The van der Waals surface area contributed by atoms with Crippen molar-refractivity contribution in [2.24, 2.45) is 0 Å². The van der Waals surface area contributed by atoms with E-state index in [0.29, 0.717) is 5.02 Å². The fourth-order valence-electron chi connectivity index (χ4n) is 2.53. The highest BCUT2D eigenvalue weighted by Crippen LogP contribution is 2.22. The minimum Gasteiger partial charge on any atom is -0.394 e. The van der Waals surface area contributed by atoms with E-state index in [9.17, 15) is 15.0 Å². The van der Waals surface area contributed by atoms with E-state index in [0.717, 1.165) is 11.1 Å². The lowest BCUT2D eigenvalue weighted by Crippen LogP contribution is -2.64. The van der Waals surface area contributed by atoms with Gasteiger partial charge in [0.05, 0.1) is 6.61 Å². The molecule has 1 amide bonds. The molecule has 4 N–H and O–H groups in total. The summed E-state index contributed by atoms with van der Waals surface area (Å²) in [6, 6.07) is 4.40. The standard InChI is InChI=1S/C17H22ClNO6/c1-9-3-4-10(7-11(9)18)5-6-13(21)19-14-16(23)15(22)12(8-20)25-17(14)24-2/h3-7,12,14-17,20,22-23H,8H2,1-2H3,(H,19,21)/b6-5+. The zero-order chi connectivity index (χ0) is 18.6. The van der Waals surface area contributed by atoms with Crippen LogP contribution in [0.4, 0.5) is 0 Å². The van der Waals surface area contributed by atoms with Gasteiger partial charge in [0, 0.05) is 18.2 Å². The number of rotatable bonds is 5. The highest BCUT2D eigenvalue weighted by Gasteiger charge is 2.44. The van der Waals surface area contributed by atoms with Crippen molar-refractivity contribution in [1.82, 2.24) is 5.32 Å². The predicted molar refractivity (Wildman–Crippen MR) is 91.9 cm³/mol. The van der Waals surface area contributed by atoms with Gasteiger partial charge in [-0.1, -0.05) is 23.7 Å². The molecular formula is C17H22ClNO6. The Kier molecular flexibility index (Phi) is 6.95. The molecule has 2 rings (SSSR count). The predicted octanol–water partition coefficient (Wildman–Crippen LogP) is 0.232. The van der Waals surface area contributed by atoms with Crippen LogP contribution < -0.4 is 5.32 Å². The lowest BCUT2D eigenvalue weighted by Gasteiger charge is -2.41. The Morgan fingerprint density at radius 2 is 2.12 bits per heavy atom. The molecular weight excluding hydrogens is 350 g/mol. The number of halogens is 1. The number of carbonyl (C=O) groups excluding carboxylic acids is 1. The second-order valence-corrected chi connectivity index (χ2v) is 6.23. The van der Waals surface area contributed by atoms with Gasteiger partial charge in [0.1, 0.15) is 24.4 Å². The van der Waals surface area contributed by atoms with E-state index in [2.05, 4.69) is 5.32 Å². The van der Waals surface area contributed by atoms with Crippen LogP contribution in [0, 0.1) is 6.92 Å². The van der Waals surface area contributed by atoms with Crippen LogP contribution in [-0.4, -0.2) is 65.6 Å². The van der Waals surface area contributed by atoms with Gasteiger partial charge in [-0.05, 0) is 30.2 Å². The number of hydrogen-bond acceptors (Lipinski definition) is 6. The summed E-state index contributed by atoms with van der Waals surface area (Å²) in [5, 5.41) is 32.4. The Bertz CT molecular complexity index is 636. The zero-order valence-corrected chi connectivity index (χ0v) is 14.7. The van der Waals surface area contributed by atoms with Crippen molar-refractivity contribution < 1.29 is 29.6 Å². The summed E-state index contributed by atoms with van der Waals surface area (Å²) in [5.41, 5.74) is 1.68. The number of nitrogens with one attached hydrogen (secondary N) is 1. The molecule has 0 aliphatic carbocycles. The Morgan fingerprint density at radius 1 is 1.40 bits per heavy atom. The van der Waals surface area contributed by atoms with E-state index in [-0.39, 0.29) is 0 Å². The summed E-state index contributed by atoms with van der Waals surface area (Å²) >= 11 is 6.04. The molecule has 1 fully saturated rings. The van der Waals surface area contributed by atoms with E-state index < -0.39 is 43.2 Å². The van der Waals surface area contributed by atoms with E-state index in [1.165, 1.54) is 13.2 Å². The van der Waals surface area contributed by atoms with Crippen molar-refractivity contribution in [3.8, 4) is 0 Å². The van der Waals surface area contributed by atoms with Gasteiger partial charge in [0.15, 0.2) is 6.29 Å². The summed E-state index contributed by atoms with van der Waals surface area (Å²) in [4.78, 5) is 12.1. The van der Waals surface area contributed by atoms with Gasteiger partial charge in [0.25, 0.3) is 0 Å². The number of aliphatic hydroxyl groups is 3. The van der Waals surface area contributed by atoms with Crippen LogP contribution >= 0.6 is 11.6 Å². The normalized spacial score (nSPS) is 29.8. The van der Waals surface area contributed by atoms with Gasteiger partial charge >= 0.3 is 0 Å². The Hall–Kier alpha value is -1.48. The Morgan fingerprint density at radius 3 is 2.72 bits per heavy atom. The third kappa shape index (κ3) is 4.78. The molecule has 0 spiro atoms. The van der Waals surface area contributed by atoms with Crippen molar-refractivity contribution in [3.05, 3.63) is 40.4 Å². The third-order valence-corrected chi connectivity index (χ3v) is 4.45. The average Bonchev–Trinajstić information content (AvgIpc) is 2.60. The van der Waals surface area contributed by atoms with Crippen molar-refractivity contribution in [3.63, 3.8) is 0 Å². The van der Waals surface area contributed by atoms with Crippen molar-refractivity contribution >= 4 is 23.6 Å². The number of aryl methyl sites for hydroxylation is 1. The molecule has 1 aliphatic heterocycles. The molecule has 1 aliphatic rings. The first-order valence-corrected chi connectivity index (χ1v) is 8.15. The first kappa shape index (κ1) is 19.8. The lowest BCUT2D eigenvalue weighted by atomic mass is 9.97. The number of aliphatic hydroxyl groups excluding tert-OH is 3. The van der Waals surface area contributed by atoms with E-state index in [4.69, 9.17) is 26.2 Å². The molecule has 7 nitrogen and oxygen atoms in total. The molecule has 5 atom stereocenters.